The summed E-state index contributed by atoms with van der Waals surface area (Å²) in [5, 5.41) is 6.94. The van der Waals surface area contributed by atoms with E-state index in [9.17, 15) is 13.2 Å². The summed E-state index contributed by atoms with van der Waals surface area (Å²) in [6.07, 6.45) is 1.60. The number of hydrogen-bond acceptors (Lipinski definition) is 4. The highest BCUT2D eigenvalue weighted by molar-refractivity contribution is 7.89. The minimum absolute atomic E-state index is 0.0356. The van der Waals surface area contributed by atoms with Crippen LogP contribution in [0.15, 0.2) is 71.8 Å². The molecule has 0 spiro atoms. The first-order chi connectivity index (χ1) is 13.4. The highest BCUT2D eigenvalue weighted by atomic mass is 32.2. The van der Waals surface area contributed by atoms with Crippen LogP contribution in [0.5, 0.6) is 0 Å². The molecule has 0 saturated heterocycles. The number of hydrogen-bond donors (Lipinski definition) is 2. The quantitative estimate of drug-likeness (QED) is 0.639. The lowest BCUT2D eigenvalue weighted by atomic mass is 10.2. The van der Waals surface area contributed by atoms with Gasteiger partial charge in [-0.2, -0.15) is 5.10 Å². The van der Waals surface area contributed by atoms with E-state index >= 15 is 0 Å². The summed E-state index contributed by atoms with van der Waals surface area (Å²) in [6.45, 7) is 4.08. The molecule has 0 unspecified atom stereocenters. The third-order valence-electron chi connectivity index (χ3n) is 4.12. The smallest absolute Gasteiger partial charge is 0.256 e. The molecule has 2 N–H and O–H groups in total. The molecule has 0 saturated carbocycles. The lowest BCUT2D eigenvalue weighted by Gasteiger charge is -2.12. The van der Waals surface area contributed by atoms with Crippen molar-refractivity contribution in [3.05, 3.63) is 78.0 Å². The number of carbonyl (C=O) groups excluding carboxylic acids is 1. The van der Waals surface area contributed by atoms with Gasteiger partial charge in [-0.15, -0.1) is 0 Å². The van der Waals surface area contributed by atoms with E-state index in [2.05, 4.69) is 15.1 Å². The Labute approximate surface area is 164 Å². The maximum Gasteiger partial charge on any atom is 0.256 e. The van der Waals surface area contributed by atoms with E-state index in [1.54, 1.807) is 29.1 Å². The number of amides is 1. The highest BCUT2D eigenvalue weighted by Crippen LogP contribution is 2.16. The first-order valence-electron chi connectivity index (χ1n) is 8.85. The van der Waals surface area contributed by atoms with E-state index in [1.807, 2.05) is 44.2 Å². The second kappa shape index (κ2) is 8.37. The first-order valence-corrected chi connectivity index (χ1v) is 10.3. The third-order valence-corrected chi connectivity index (χ3v) is 5.52. The molecule has 3 rings (SSSR count). The fourth-order valence-electron chi connectivity index (χ4n) is 2.68. The molecule has 0 aliphatic rings. The van der Waals surface area contributed by atoms with E-state index in [1.165, 1.54) is 12.1 Å². The summed E-state index contributed by atoms with van der Waals surface area (Å²) in [5.74, 6) is 0.151. The SMILES string of the molecule is CC(C)n1nccc1NC(=O)c1cccc(S(=O)(=O)NCc2ccccc2)c1. The zero-order chi connectivity index (χ0) is 20.1. The Bertz CT molecular complexity index is 1060. The fraction of sp³-hybridized carbons (Fsp3) is 0.200. The molecule has 0 bridgehead atoms. The van der Waals surface area contributed by atoms with Crippen molar-refractivity contribution in [1.29, 1.82) is 0 Å². The fourth-order valence-corrected chi connectivity index (χ4v) is 3.74. The van der Waals surface area contributed by atoms with E-state index < -0.39 is 15.9 Å². The lowest BCUT2D eigenvalue weighted by Crippen LogP contribution is -2.24. The van der Waals surface area contributed by atoms with Crippen molar-refractivity contribution in [2.24, 2.45) is 0 Å². The van der Waals surface area contributed by atoms with Crippen molar-refractivity contribution in [2.75, 3.05) is 5.32 Å². The Balaban J connectivity index is 1.75. The van der Waals surface area contributed by atoms with Gasteiger partial charge in [-0.3, -0.25) is 4.79 Å². The van der Waals surface area contributed by atoms with Crippen LogP contribution < -0.4 is 10.0 Å². The van der Waals surface area contributed by atoms with Crippen molar-refractivity contribution in [2.45, 2.75) is 31.3 Å². The molecule has 1 aromatic heterocycles. The van der Waals surface area contributed by atoms with Crippen molar-refractivity contribution < 1.29 is 13.2 Å². The number of anilines is 1. The van der Waals surface area contributed by atoms with E-state index in [4.69, 9.17) is 0 Å². The lowest BCUT2D eigenvalue weighted by molar-refractivity contribution is 0.102. The maximum absolute atomic E-state index is 12.6. The van der Waals surface area contributed by atoms with Gasteiger partial charge in [-0.25, -0.2) is 17.8 Å². The molecule has 3 aromatic rings. The summed E-state index contributed by atoms with van der Waals surface area (Å²) >= 11 is 0. The minimum Gasteiger partial charge on any atom is -0.307 e. The summed E-state index contributed by atoms with van der Waals surface area (Å²) in [5.41, 5.74) is 1.10. The van der Waals surface area contributed by atoms with E-state index in [0.717, 1.165) is 5.56 Å². The Hall–Kier alpha value is -2.97. The number of benzene rings is 2. The van der Waals surface area contributed by atoms with Crippen molar-refractivity contribution in [1.82, 2.24) is 14.5 Å². The highest BCUT2D eigenvalue weighted by Gasteiger charge is 2.17. The number of rotatable bonds is 7. The van der Waals surface area contributed by atoms with Crippen molar-refractivity contribution in [3.63, 3.8) is 0 Å². The van der Waals surface area contributed by atoms with Crippen LogP contribution in [0.2, 0.25) is 0 Å². The van der Waals surface area contributed by atoms with Gasteiger partial charge < -0.3 is 5.32 Å². The van der Waals surface area contributed by atoms with Gasteiger partial charge in [0.05, 0.1) is 11.1 Å². The standard InChI is InChI=1S/C20H22N4O3S/c1-15(2)24-19(11-12-21-24)23-20(25)17-9-6-10-18(13-17)28(26,27)22-14-16-7-4-3-5-8-16/h3-13,15,22H,14H2,1-2H3,(H,23,25). The van der Waals surface area contributed by atoms with Crippen LogP contribution >= 0.6 is 0 Å². The first kappa shape index (κ1) is 19.8. The van der Waals surface area contributed by atoms with Crippen LogP contribution in [0.3, 0.4) is 0 Å². The van der Waals surface area contributed by atoms with Gasteiger partial charge in [0.2, 0.25) is 10.0 Å². The number of nitrogens with one attached hydrogen (secondary N) is 2. The summed E-state index contributed by atoms with van der Waals surface area (Å²) in [4.78, 5) is 12.6. The van der Waals surface area contributed by atoms with Crippen LogP contribution in [0.1, 0.15) is 35.8 Å². The molecule has 0 atom stereocenters. The molecule has 146 valence electrons. The normalized spacial score (nSPS) is 11.5. The topological polar surface area (TPSA) is 93.1 Å². The van der Waals surface area contributed by atoms with Crippen molar-refractivity contribution >= 4 is 21.7 Å². The van der Waals surface area contributed by atoms with Gasteiger partial charge in [0.25, 0.3) is 5.91 Å². The van der Waals surface area contributed by atoms with Gasteiger partial charge in [0, 0.05) is 24.2 Å². The monoisotopic (exact) mass is 398 g/mol. The van der Waals surface area contributed by atoms with E-state index in [-0.39, 0.29) is 23.0 Å². The molecule has 1 amide bonds. The number of nitrogens with zero attached hydrogens (tertiary/aromatic N) is 2. The molecule has 2 aromatic carbocycles. The molecular formula is C20H22N4O3S. The molecule has 1 heterocycles. The predicted molar refractivity (Wildman–Crippen MR) is 107 cm³/mol. The van der Waals surface area contributed by atoms with Crippen LogP contribution in [-0.4, -0.2) is 24.1 Å². The molecule has 0 aliphatic heterocycles. The molecule has 0 fully saturated rings. The summed E-state index contributed by atoms with van der Waals surface area (Å²) in [6, 6.07) is 16.9. The summed E-state index contributed by atoms with van der Waals surface area (Å²) in [7, 11) is -3.75. The van der Waals surface area contributed by atoms with Gasteiger partial charge in [-0.1, -0.05) is 36.4 Å². The summed E-state index contributed by atoms with van der Waals surface area (Å²) < 4.78 is 29.4. The second-order valence-corrected chi connectivity index (χ2v) is 8.31. The third kappa shape index (κ3) is 4.65. The second-order valence-electron chi connectivity index (χ2n) is 6.55. The molecular weight excluding hydrogens is 376 g/mol. The van der Waals surface area contributed by atoms with Crippen LogP contribution in [0.25, 0.3) is 0 Å². The average Bonchev–Trinajstić information content (AvgIpc) is 3.16. The van der Waals surface area contributed by atoms with Crippen LogP contribution in [-0.2, 0) is 16.6 Å². The van der Waals surface area contributed by atoms with Crippen LogP contribution in [0.4, 0.5) is 5.82 Å². The Morgan fingerprint density at radius 2 is 1.82 bits per heavy atom. The maximum atomic E-state index is 12.6. The Morgan fingerprint density at radius 1 is 1.07 bits per heavy atom. The zero-order valence-electron chi connectivity index (χ0n) is 15.7. The number of carbonyl (C=O) groups is 1. The Kier molecular flexibility index (Phi) is 5.91. The molecule has 7 nitrogen and oxygen atoms in total. The largest absolute Gasteiger partial charge is 0.307 e. The predicted octanol–water partition coefficient (Wildman–Crippen LogP) is 3.19. The zero-order valence-corrected chi connectivity index (χ0v) is 16.5. The van der Waals surface area contributed by atoms with Gasteiger partial charge in [-0.05, 0) is 37.6 Å². The molecule has 0 aliphatic carbocycles. The van der Waals surface area contributed by atoms with Crippen LogP contribution in [0, 0.1) is 0 Å². The number of aromatic nitrogens is 2. The number of sulfonamides is 1. The van der Waals surface area contributed by atoms with Gasteiger partial charge in [0.1, 0.15) is 5.82 Å². The Morgan fingerprint density at radius 3 is 2.54 bits per heavy atom. The van der Waals surface area contributed by atoms with Gasteiger partial charge in [0.15, 0.2) is 0 Å². The van der Waals surface area contributed by atoms with Gasteiger partial charge >= 0.3 is 0 Å². The molecule has 0 radical (unpaired) electrons. The minimum atomic E-state index is -3.75. The average molecular weight is 398 g/mol. The van der Waals surface area contributed by atoms with E-state index in [0.29, 0.717) is 5.82 Å². The molecule has 8 heteroatoms. The van der Waals surface area contributed by atoms with Crippen molar-refractivity contribution in [3.8, 4) is 0 Å². The molecule has 28 heavy (non-hydrogen) atoms.